The number of hydrogen-bond donors (Lipinski definition) is 2. The van der Waals surface area contributed by atoms with E-state index in [2.05, 4.69) is 37.2 Å². The summed E-state index contributed by atoms with van der Waals surface area (Å²) in [4.78, 5) is 12.5. The molecule has 1 aliphatic rings. The van der Waals surface area contributed by atoms with E-state index in [1.54, 1.807) is 23.5 Å². The molecule has 1 aromatic heterocycles. The summed E-state index contributed by atoms with van der Waals surface area (Å²) < 4.78 is 30.1. The van der Waals surface area contributed by atoms with Crippen LogP contribution in [0, 0.1) is 0 Å². The predicted molar refractivity (Wildman–Crippen MR) is 133 cm³/mol. The summed E-state index contributed by atoms with van der Waals surface area (Å²) in [5, 5.41) is 7.86. The van der Waals surface area contributed by atoms with Gasteiger partial charge in [0.1, 0.15) is 5.75 Å². The van der Waals surface area contributed by atoms with Gasteiger partial charge in [0.15, 0.2) is 5.96 Å². The summed E-state index contributed by atoms with van der Waals surface area (Å²) in [6.07, 6.45) is 4.65. The molecule has 2 heterocycles. The van der Waals surface area contributed by atoms with E-state index in [0.717, 1.165) is 43.3 Å². The van der Waals surface area contributed by atoms with Gasteiger partial charge in [-0.05, 0) is 31.9 Å². The monoisotopic (exact) mass is 565 g/mol. The number of halogens is 3. The van der Waals surface area contributed by atoms with Crippen LogP contribution in [0.25, 0.3) is 0 Å². The maximum atomic E-state index is 12.7. The van der Waals surface area contributed by atoms with E-state index in [4.69, 9.17) is 0 Å². The van der Waals surface area contributed by atoms with E-state index < -0.39 is 6.61 Å². The van der Waals surface area contributed by atoms with Gasteiger partial charge in [-0.1, -0.05) is 19.1 Å². The van der Waals surface area contributed by atoms with Gasteiger partial charge in [0.25, 0.3) is 0 Å². The number of ether oxygens (including phenoxy) is 1. The minimum absolute atomic E-state index is 0. The first-order valence-corrected chi connectivity index (χ1v) is 11.2. The van der Waals surface area contributed by atoms with Gasteiger partial charge in [0.2, 0.25) is 0 Å². The normalized spacial score (nSPS) is 16.4. The standard InChI is InChI=1S/C21H29F2N5OS.HI/c1-3-16-13-26-19(30-16)9-11-25-21(24-4-2)27-15-10-12-28(14-15)17-7-5-6-8-18(17)29-20(22)23;/h5-8,13,15,20H,3-4,9-12,14H2,1-2H3,(H2,24,25,27);1H. The molecule has 0 saturated carbocycles. The molecule has 0 aliphatic carbocycles. The molecule has 3 rings (SSSR count). The zero-order valence-electron chi connectivity index (χ0n) is 17.8. The van der Waals surface area contributed by atoms with Gasteiger partial charge in [-0.25, -0.2) is 4.98 Å². The number of nitrogens with one attached hydrogen (secondary N) is 2. The highest BCUT2D eigenvalue weighted by Crippen LogP contribution is 2.31. The third-order valence-corrected chi connectivity index (χ3v) is 6.04. The number of rotatable bonds is 9. The minimum Gasteiger partial charge on any atom is -0.433 e. The van der Waals surface area contributed by atoms with Crippen molar-refractivity contribution in [3.63, 3.8) is 0 Å². The zero-order chi connectivity index (χ0) is 21.3. The minimum atomic E-state index is -2.83. The molecule has 1 fully saturated rings. The second-order valence-corrected chi connectivity index (χ2v) is 8.21. The molecule has 0 amide bonds. The Bertz CT molecular complexity index is 836. The van der Waals surface area contributed by atoms with Crippen LogP contribution in [0.5, 0.6) is 5.75 Å². The first-order valence-electron chi connectivity index (χ1n) is 10.4. The van der Waals surface area contributed by atoms with Crippen molar-refractivity contribution in [2.45, 2.75) is 45.8 Å². The first-order chi connectivity index (χ1) is 14.6. The number of alkyl halides is 2. The molecular formula is C21H30F2IN5OS. The van der Waals surface area contributed by atoms with Crippen molar-refractivity contribution in [1.29, 1.82) is 0 Å². The van der Waals surface area contributed by atoms with Crippen LogP contribution < -0.4 is 20.3 Å². The lowest BCUT2D eigenvalue weighted by atomic mass is 10.2. The molecule has 1 aliphatic heterocycles. The van der Waals surface area contributed by atoms with Crippen LogP contribution in [0.3, 0.4) is 0 Å². The Kier molecular flexibility index (Phi) is 10.7. The van der Waals surface area contributed by atoms with Gasteiger partial charge in [0, 0.05) is 49.7 Å². The number of thiazole rings is 1. The molecule has 1 atom stereocenters. The van der Waals surface area contributed by atoms with Crippen LogP contribution in [0.1, 0.15) is 30.2 Å². The van der Waals surface area contributed by atoms with Crippen molar-refractivity contribution >= 4 is 47.0 Å². The van der Waals surface area contributed by atoms with E-state index in [-0.39, 0.29) is 35.8 Å². The summed E-state index contributed by atoms with van der Waals surface area (Å²) >= 11 is 1.74. The van der Waals surface area contributed by atoms with Gasteiger partial charge in [-0.3, -0.25) is 4.99 Å². The van der Waals surface area contributed by atoms with Crippen molar-refractivity contribution < 1.29 is 13.5 Å². The lowest BCUT2D eigenvalue weighted by Crippen LogP contribution is -2.44. The molecule has 1 aromatic carbocycles. The number of aliphatic imine (C=N–C) groups is 1. The van der Waals surface area contributed by atoms with Gasteiger partial charge >= 0.3 is 6.61 Å². The highest BCUT2D eigenvalue weighted by molar-refractivity contribution is 14.0. The van der Waals surface area contributed by atoms with E-state index >= 15 is 0 Å². The predicted octanol–water partition coefficient (Wildman–Crippen LogP) is 4.30. The number of hydrogen-bond acceptors (Lipinski definition) is 5. The van der Waals surface area contributed by atoms with Crippen molar-refractivity contribution in [2.75, 3.05) is 31.1 Å². The lowest BCUT2D eigenvalue weighted by molar-refractivity contribution is -0.0495. The second kappa shape index (κ2) is 13.0. The summed E-state index contributed by atoms with van der Waals surface area (Å²) in [6, 6.07) is 7.11. The fourth-order valence-electron chi connectivity index (χ4n) is 3.41. The lowest BCUT2D eigenvalue weighted by Gasteiger charge is -2.22. The Morgan fingerprint density at radius 3 is 2.87 bits per heavy atom. The Morgan fingerprint density at radius 1 is 1.35 bits per heavy atom. The highest BCUT2D eigenvalue weighted by Gasteiger charge is 2.26. The Hall–Kier alpha value is -1.69. The molecule has 1 unspecified atom stereocenters. The summed E-state index contributed by atoms with van der Waals surface area (Å²) in [5.41, 5.74) is 0.694. The number of benzene rings is 1. The maximum Gasteiger partial charge on any atom is 0.387 e. The van der Waals surface area contributed by atoms with E-state index in [0.29, 0.717) is 18.8 Å². The molecule has 0 radical (unpaired) electrons. The largest absolute Gasteiger partial charge is 0.433 e. The summed E-state index contributed by atoms with van der Waals surface area (Å²) in [6.45, 7) is 4.22. The number of aromatic nitrogens is 1. The van der Waals surface area contributed by atoms with E-state index in [1.165, 1.54) is 4.88 Å². The van der Waals surface area contributed by atoms with Crippen molar-refractivity contribution in [2.24, 2.45) is 4.99 Å². The molecule has 10 heteroatoms. The Labute approximate surface area is 203 Å². The molecule has 6 nitrogen and oxygen atoms in total. The molecule has 172 valence electrons. The number of guanidine groups is 1. The summed E-state index contributed by atoms with van der Waals surface area (Å²) in [5.74, 6) is 0.984. The van der Waals surface area contributed by atoms with Gasteiger partial charge < -0.3 is 20.3 Å². The van der Waals surface area contributed by atoms with Crippen LogP contribution >= 0.6 is 35.3 Å². The molecule has 2 aromatic rings. The van der Waals surface area contributed by atoms with Gasteiger partial charge in [-0.2, -0.15) is 8.78 Å². The molecular weight excluding hydrogens is 535 g/mol. The number of nitrogens with zero attached hydrogens (tertiary/aromatic N) is 3. The second-order valence-electron chi connectivity index (χ2n) is 7.01. The molecule has 1 saturated heterocycles. The molecule has 0 spiro atoms. The van der Waals surface area contributed by atoms with Crippen molar-refractivity contribution in [3.8, 4) is 5.75 Å². The average Bonchev–Trinajstić information content (AvgIpc) is 3.37. The first kappa shape index (κ1) is 25.6. The zero-order valence-corrected chi connectivity index (χ0v) is 21.0. The van der Waals surface area contributed by atoms with Crippen molar-refractivity contribution in [3.05, 3.63) is 40.3 Å². The van der Waals surface area contributed by atoms with Crippen LogP contribution in [0.4, 0.5) is 14.5 Å². The Morgan fingerprint density at radius 2 is 2.16 bits per heavy atom. The number of aryl methyl sites for hydroxylation is 1. The molecule has 2 N–H and O–H groups in total. The fraction of sp³-hybridized carbons (Fsp3) is 0.524. The maximum absolute atomic E-state index is 12.7. The highest BCUT2D eigenvalue weighted by atomic mass is 127. The van der Waals surface area contributed by atoms with Crippen LogP contribution in [0.2, 0.25) is 0 Å². The molecule has 31 heavy (non-hydrogen) atoms. The topological polar surface area (TPSA) is 61.8 Å². The van der Waals surface area contributed by atoms with E-state index in [1.807, 2.05) is 25.3 Å². The summed E-state index contributed by atoms with van der Waals surface area (Å²) in [7, 11) is 0. The average molecular weight is 565 g/mol. The molecule has 0 bridgehead atoms. The Balaban J connectivity index is 0.00000341. The quantitative estimate of drug-likeness (QED) is 0.270. The van der Waals surface area contributed by atoms with Crippen LogP contribution in [-0.4, -0.2) is 49.8 Å². The van der Waals surface area contributed by atoms with Gasteiger partial charge in [-0.15, -0.1) is 35.3 Å². The van der Waals surface area contributed by atoms with Crippen molar-refractivity contribution in [1.82, 2.24) is 15.6 Å². The number of para-hydroxylation sites is 2. The number of anilines is 1. The smallest absolute Gasteiger partial charge is 0.387 e. The van der Waals surface area contributed by atoms with Gasteiger partial charge in [0.05, 0.1) is 10.7 Å². The SMILES string of the molecule is CCNC(=NCCc1ncc(CC)s1)NC1CCN(c2ccccc2OC(F)F)C1.I. The van der Waals surface area contributed by atoms with E-state index in [9.17, 15) is 8.78 Å². The van der Waals surface area contributed by atoms with Crippen LogP contribution in [-0.2, 0) is 12.8 Å². The third-order valence-electron chi connectivity index (χ3n) is 4.84. The fourth-order valence-corrected chi connectivity index (χ4v) is 4.27. The third kappa shape index (κ3) is 7.74. The van der Waals surface area contributed by atoms with Crippen LogP contribution in [0.15, 0.2) is 35.5 Å².